The largest absolute Gasteiger partial charge is 0.307 e. The average molecular weight is 296 g/mol. The highest BCUT2D eigenvalue weighted by Crippen LogP contribution is 2.20. The van der Waals surface area contributed by atoms with E-state index in [2.05, 4.69) is 24.1 Å². The first-order valence-electron chi connectivity index (χ1n) is 7.92. The van der Waals surface area contributed by atoms with Crippen LogP contribution in [0, 0.1) is 11.6 Å². The van der Waals surface area contributed by atoms with Crippen molar-refractivity contribution in [2.75, 3.05) is 13.1 Å². The normalized spacial score (nSPS) is 22.3. The molecule has 0 saturated carbocycles. The molecule has 0 amide bonds. The van der Waals surface area contributed by atoms with Gasteiger partial charge in [0, 0.05) is 18.1 Å². The van der Waals surface area contributed by atoms with Crippen LogP contribution in [0.5, 0.6) is 0 Å². The van der Waals surface area contributed by atoms with Gasteiger partial charge in [0.15, 0.2) is 11.6 Å². The monoisotopic (exact) mass is 296 g/mol. The fourth-order valence-corrected chi connectivity index (χ4v) is 3.03. The Hall–Kier alpha value is -1.00. The maximum atomic E-state index is 13.3. The minimum Gasteiger partial charge on any atom is -0.307 e. The fourth-order valence-electron chi connectivity index (χ4n) is 3.03. The quantitative estimate of drug-likeness (QED) is 0.907. The molecular weight excluding hydrogens is 270 g/mol. The maximum absolute atomic E-state index is 13.3. The predicted octanol–water partition coefficient (Wildman–Crippen LogP) is 3.88. The zero-order valence-electron chi connectivity index (χ0n) is 13.2. The van der Waals surface area contributed by atoms with E-state index in [1.165, 1.54) is 18.6 Å². The van der Waals surface area contributed by atoms with Crippen LogP contribution in [0.15, 0.2) is 18.2 Å². The molecule has 0 spiro atoms. The zero-order chi connectivity index (χ0) is 15.4. The van der Waals surface area contributed by atoms with E-state index < -0.39 is 11.6 Å². The van der Waals surface area contributed by atoms with Crippen molar-refractivity contribution in [3.63, 3.8) is 0 Å². The first-order valence-corrected chi connectivity index (χ1v) is 7.92. The van der Waals surface area contributed by atoms with Crippen molar-refractivity contribution in [3.8, 4) is 0 Å². The van der Waals surface area contributed by atoms with E-state index in [9.17, 15) is 8.78 Å². The summed E-state index contributed by atoms with van der Waals surface area (Å²) >= 11 is 0. The molecule has 2 nitrogen and oxygen atoms in total. The third kappa shape index (κ3) is 4.48. The fraction of sp³-hybridized carbons (Fsp3) is 0.647. The third-order valence-corrected chi connectivity index (χ3v) is 4.42. The summed E-state index contributed by atoms with van der Waals surface area (Å²) in [5.41, 5.74) is 0.805. The van der Waals surface area contributed by atoms with E-state index in [4.69, 9.17) is 0 Å². The number of hydrogen-bond acceptors (Lipinski definition) is 2. The van der Waals surface area contributed by atoms with Gasteiger partial charge in [0.25, 0.3) is 0 Å². The number of rotatable bonds is 4. The Kier molecular flexibility index (Phi) is 5.71. The molecule has 1 N–H and O–H groups in total. The molecule has 1 heterocycles. The van der Waals surface area contributed by atoms with Crippen LogP contribution in [0.2, 0.25) is 0 Å². The van der Waals surface area contributed by atoms with Gasteiger partial charge in [-0.05, 0) is 70.8 Å². The molecule has 1 aliphatic rings. The molecular formula is C17H26F2N2. The Labute approximate surface area is 126 Å². The molecule has 1 aromatic rings. The Balaban J connectivity index is 1.93. The van der Waals surface area contributed by atoms with Crippen LogP contribution < -0.4 is 5.32 Å². The van der Waals surface area contributed by atoms with Gasteiger partial charge >= 0.3 is 0 Å². The van der Waals surface area contributed by atoms with E-state index in [0.717, 1.165) is 31.5 Å². The predicted molar refractivity (Wildman–Crippen MR) is 82.3 cm³/mol. The van der Waals surface area contributed by atoms with Gasteiger partial charge in [0.1, 0.15) is 0 Å². The van der Waals surface area contributed by atoms with Crippen molar-refractivity contribution >= 4 is 0 Å². The molecule has 2 atom stereocenters. The smallest absolute Gasteiger partial charge is 0.159 e. The van der Waals surface area contributed by atoms with Crippen molar-refractivity contribution < 1.29 is 8.78 Å². The molecule has 0 radical (unpaired) electrons. The van der Waals surface area contributed by atoms with Crippen molar-refractivity contribution in [1.29, 1.82) is 0 Å². The summed E-state index contributed by atoms with van der Waals surface area (Å²) in [6, 6.07) is 5.23. The van der Waals surface area contributed by atoms with E-state index in [1.807, 2.05) is 6.92 Å². The highest BCUT2D eigenvalue weighted by Gasteiger charge is 2.20. The van der Waals surface area contributed by atoms with Gasteiger partial charge in [-0.25, -0.2) is 8.78 Å². The lowest BCUT2D eigenvalue weighted by atomic mass is 10.0. The van der Waals surface area contributed by atoms with Gasteiger partial charge in [-0.1, -0.05) is 6.07 Å². The van der Waals surface area contributed by atoms with Crippen LogP contribution in [0.3, 0.4) is 0 Å². The number of nitrogens with one attached hydrogen (secondary N) is 1. The molecule has 2 unspecified atom stereocenters. The molecule has 1 aromatic carbocycles. The SMILES string of the molecule is CC(NC1CCCN(C(C)C)CC1)c1ccc(F)c(F)c1. The Morgan fingerprint density at radius 3 is 2.52 bits per heavy atom. The van der Waals surface area contributed by atoms with Crippen molar-refractivity contribution in [1.82, 2.24) is 10.2 Å². The highest BCUT2D eigenvalue weighted by atomic mass is 19.2. The molecule has 118 valence electrons. The van der Waals surface area contributed by atoms with Gasteiger partial charge in [0.2, 0.25) is 0 Å². The summed E-state index contributed by atoms with van der Waals surface area (Å²) in [6.45, 7) is 8.72. The number of likely N-dealkylation sites (tertiary alicyclic amines) is 1. The summed E-state index contributed by atoms with van der Waals surface area (Å²) < 4.78 is 26.3. The number of hydrogen-bond donors (Lipinski definition) is 1. The van der Waals surface area contributed by atoms with Crippen molar-refractivity contribution in [2.24, 2.45) is 0 Å². The second kappa shape index (κ2) is 7.32. The van der Waals surface area contributed by atoms with Crippen LogP contribution >= 0.6 is 0 Å². The highest BCUT2D eigenvalue weighted by molar-refractivity contribution is 5.20. The molecule has 4 heteroatoms. The Morgan fingerprint density at radius 2 is 1.86 bits per heavy atom. The standard InChI is InChI=1S/C17H26F2N2/c1-12(2)21-9-4-5-15(8-10-21)20-13(3)14-6-7-16(18)17(19)11-14/h6-7,11-13,15,20H,4-5,8-10H2,1-3H3. The van der Waals surface area contributed by atoms with E-state index in [0.29, 0.717) is 12.1 Å². The van der Waals surface area contributed by atoms with Crippen LogP contribution in [0.1, 0.15) is 51.6 Å². The first-order chi connectivity index (χ1) is 9.97. The average Bonchev–Trinajstić information content (AvgIpc) is 2.67. The topological polar surface area (TPSA) is 15.3 Å². The van der Waals surface area contributed by atoms with Crippen molar-refractivity contribution in [2.45, 2.75) is 58.2 Å². The molecule has 0 bridgehead atoms. The molecule has 21 heavy (non-hydrogen) atoms. The maximum Gasteiger partial charge on any atom is 0.159 e. The lowest BCUT2D eigenvalue weighted by molar-refractivity contribution is 0.228. The molecule has 0 aromatic heterocycles. The lowest BCUT2D eigenvalue weighted by Gasteiger charge is -2.25. The lowest BCUT2D eigenvalue weighted by Crippen LogP contribution is -2.35. The molecule has 2 rings (SSSR count). The number of nitrogens with zero attached hydrogens (tertiary/aromatic N) is 1. The van der Waals surface area contributed by atoms with Gasteiger partial charge in [0.05, 0.1) is 0 Å². The second-order valence-electron chi connectivity index (χ2n) is 6.32. The Bertz CT molecular complexity index is 462. The summed E-state index contributed by atoms with van der Waals surface area (Å²) in [6.07, 6.45) is 3.42. The molecule has 1 saturated heterocycles. The van der Waals surface area contributed by atoms with Crippen LogP contribution in [0.4, 0.5) is 8.78 Å². The molecule has 0 aliphatic carbocycles. The minimum atomic E-state index is -0.784. The number of halogens is 2. The summed E-state index contributed by atoms with van der Waals surface area (Å²) in [5, 5.41) is 3.57. The summed E-state index contributed by atoms with van der Waals surface area (Å²) in [4.78, 5) is 2.50. The molecule has 1 fully saturated rings. The summed E-state index contributed by atoms with van der Waals surface area (Å²) in [5.74, 6) is -1.55. The second-order valence-corrected chi connectivity index (χ2v) is 6.32. The zero-order valence-corrected chi connectivity index (χ0v) is 13.2. The van der Waals surface area contributed by atoms with Gasteiger partial charge in [-0.15, -0.1) is 0 Å². The van der Waals surface area contributed by atoms with Crippen LogP contribution in [-0.4, -0.2) is 30.1 Å². The number of benzene rings is 1. The molecule has 1 aliphatic heterocycles. The van der Waals surface area contributed by atoms with E-state index in [-0.39, 0.29) is 6.04 Å². The van der Waals surface area contributed by atoms with E-state index >= 15 is 0 Å². The van der Waals surface area contributed by atoms with Crippen molar-refractivity contribution in [3.05, 3.63) is 35.4 Å². The Morgan fingerprint density at radius 1 is 1.10 bits per heavy atom. The van der Waals surface area contributed by atoms with Gasteiger partial charge in [-0.3, -0.25) is 0 Å². The van der Waals surface area contributed by atoms with Gasteiger partial charge < -0.3 is 10.2 Å². The van der Waals surface area contributed by atoms with E-state index in [1.54, 1.807) is 6.07 Å². The van der Waals surface area contributed by atoms with Gasteiger partial charge in [-0.2, -0.15) is 0 Å². The first kappa shape index (κ1) is 16.4. The van der Waals surface area contributed by atoms with Crippen LogP contribution in [-0.2, 0) is 0 Å². The third-order valence-electron chi connectivity index (χ3n) is 4.42. The van der Waals surface area contributed by atoms with Crippen LogP contribution in [0.25, 0.3) is 0 Å². The minimum absolute atomic E-state index is 0.0377. The summed E-state index contributed by atoms with van der Waals surface area (Å²) in [7, 11) is 0.